The standard InChI is InChI=1S/C18H19ClN2O4/c1-18(2,9-15(23)25-3)21-17(24)16-14(22)8-12(10-20-16)11-5-4-6-13(19)7-11/h4-8,10,22H,9H2,1-3H3,(H,21,24). The van der Waals surface area contributed by atoms with Crippen molar-refractivity contribution in [3.05, 3.63) is 47.2 Å². The van der Waals surface area contributed by atoms with Crippen molar-refractivity contribution in [3.8, 4) is 16.9 Å². The maximum Gasteiger partial charge on any atom is 0.307 e. The van der Waals surface area contributed by atoms with Crippen LogP contribution in [-0.4, -0.2) is 34.6 Å². The lowest BCUT2D eigenvalue weighted by Crippen LogP contribution is -2.45. The molecule has 0 aliphatic rings. The van der Waals surface area contributed by atoms with Crippen LogP contribution in [0, 0.1) is 0 Å². The number of hydrogen-bond acceptors (Lipinski definition) is 5. The smallest absolute Gasteiger partial charge is 0.307 e. The molecule has 132 valence electrons. The van der Waals surface area contributed by atoms with Gasteiger partial charge in [0.25, 0.3) is 5.91 Å². The van der Waals surface area contributed by atoms with Gasteiger partial charge < -0.3 is 15.2 Å². The summed E-state index contributed by atoms with van der Waals surface area (Å²) in [7, 11) is 1.28. The van der Waals surface area contributed by atoms with E-state index in [1.54, 1.807) is 32.0 Å². The number of rotatable bonds is 5. The number of aromatic nitrogens is 1. The van der Waals surface area contributed by atoms with Crippen LogP contribution < -0.4 is 5.32 Å². The van der Waals surface area contributed by atoms with Gasteiger partial charge in [-0.1, -0.05) is 23.7 Å². The molecule has 1 aromatic heterocycles. The van der Waals surface area contributed by atoms with Crippen molar-refractivity contribution in [2.75, 3.05) is 7.11 Å². The molecule has 0 bridgehead atoms. The maximum atomic E-state index is 12.3. The summed E-state index contributed by atoms with van der Waals surface area (Å²) in [5.41, 5.74) is 0.437. The minimum atomic E-state index is -0.843. The molecule has 0 fully saturated rings. The van der Waals surface area contributed by atoms with Crippen LogP contribution in [0.2, 0.25) is 5.02 Å². The van der Waals surface area contributed by atoms with Gasteiger partial charge in [0.2, 0.25) is 0 Å². The molecule has 7 heteroatoms. The third-order valence-corrected chi connectivity index (χ3v) is 3.74. The number of halogens is 1. The predicted octanol–water partition coefficient (Wildman–Crippen LogP) is 3.18. The summed E-state index contributed by atoms with van der Waals surface area (Å²) in [5.74, 6) is -1.29. The van der Waals surface area contributed by atoms with Crippen LogP contribution in [0.3, 0.4) is 0 Å². The highest BCUT2D eigenvalue weighted by atomic mass is 35.5. The minimum Gasteiger partial charge on any atom is -0.505 e. The van der Waals surface area contributed by atoms with E-state index in [9.17, 15) is 14.7 Å². The fourth-order valence-electron chi connectivity index (χ4n) is 2.30. The molecule has 0 atom stereocenters. The molecule has 0 aliphatic heterocycles. The van der Waals surface area contributed by atoms with Crippen LogP contribution in [0.5, 0.6) is 5.75 Å². The second-order valence-electron chi connectivity index (χ2n) is 6.19. The third-order valence-electron chi connectivity index (χ3n) is 3.51. The first-order valence-electron chi connectivity index (χ1n) is 7.56. The van der Waals surface area contributed by atoms with Gasteiger partial charge in [-0.15, -0.1) is 0 Å². The van der Waals surface area contributed by atoms with Gasteiger partial charge in [0.05, 0.1) is 13.5 Å². The lowest BCUT2D eigenvalue weighted by molar-refractivity contribution is -0.141. The number of hydrogen-bond donors (Lipinski definition) is 2. The fourth-order valence-corrected chi connectivity index (χ4v) is 2.49. The van der Waals surface area contributed by atoms with Gasteiger partial charge >= 0.3 is 5.97 Å². The Morgan fingerprint density at radius 3 is 2.60 bits per heavy atom. The van der Waals surface area contributed by atoms with Gasteiger partial charge in [0.1, 0.15) is 5.75 Å². The van der Waals surface area contributed by atoms with E-state index in [0.29, 0.717) is 10.6 Å². The molecular weight excluding hydrogens is 344 g/mol. The molecule has 1 heterocycles. The number of nitrogens with zero attached hydrogens (tertiary/aromatic N) is 1. The zero-order valence-electron chi connectivity index (χ0n) is 14.2. The molecule has 0 spiro atoms. The lowest BCUT2D eigenvalue weighted by atomic mass is 10.0. The molecule has 2 aromatic rings. The molecule has 0 saturated carbocycles. The Kier molecular flexibility index (Phi) is 5.64. The molecule has 0 radical (unpaired) electrons. The van der Waals surface area contributed by atoms with Gasteiger partial charge in [-0.2, -0.15) is 0 Å². The average Bonchev–Trinajstić information content (AvgIpc) is 2.53. The summed E-state index contributed by atoms with van der Waals surface area (Å²) in [4.78, 5) is 27.8. The van der Waals surface area contributed by atoms with E-state index < -0.39 is 17.4 Å². The lowest BCUT2D eigenvalue weighted by Gasteiger charge is -2.24. The van der Waals surface area contributed by atoms with E-state index in [1.165, 1.54) is 19.4 Å². The Balaban J connectivity index is 2.20. The normalized spacial score (nSPS) is 11.0. The first kappa shape index (κ1) is 18.7. The largest absolute Gasteiger partial charge is 0.505 e. The van der Waals surface area contributed by atoms with Gasteiger partial charge in [-0.3, -0.25) is 9.59 Å². The molecule has 6 nitrogen and oxygen atoms in total. The number of aromatic hydroxyl groups is 1. The number of carbonyl (C=O) groups excluding carboxylic acids is 2. The van der Waals surface area contributed by atoms with Gasteiger partial charge in [-0.05, 0) is 37.6 Å². The van der Waals surface area contributed by atoms with Crippen molar-refractivity contribution >= 4 is 23.5 Å². The van der Waals surface area contributed by atoms with Crippen molar-refractivity contribution in [2.45, 2.75) is 25.8 Å². The van der Waals surface area contributed by atoms with E-state index in [2.05, 4.69) is 15.0 Å². The topological polar surface area (TPSA) is 88.5 Å². The highest BCUT2D eigenvalue weighted by Crippen LogP contribution is 2.27. The Labute approximate surface area is 150 Å². The number of pyridine rings is 1. The zero-order chi connectivity index (χ0) is 18.6. The molecule has 1 amide bonds. The second kappa shape index (κ2) is 7.53. The summed E-state index contributed by atoms with van der Waals surface area (Å²) in [6.07, 6.45) is 1.48. The zero-order valence-corrected chi connectivity index (χ0v) is 14.9. The van der Waals surface area contributed by atoms with Crippen molar-refractivity contribution in [1.82, 2.24) is 10.3 Å². The average molecular weight is 363 g/mol. The quantitative estimate of drug-likeness (QED) is 0.797. The summed E-state index contributed by atoms with van der Waals surface area (Å²) in [6.45, 7) is 3.36. The molecule has 0 unspecified atom stereocenters. The van der Waals surface area contributed by atoms with E-state index in [4.69, 9.17) is 11.6 Å². The molecular formula is C18H19ClN2O4. The summed E-state index contributed by atoms with van der Waals surface area (Å²) >= 11 is 5.96. The number of carbonyl (C=O) groups is 2. The van der Waals surface area contributed by atoms with Gasteiger partial charge in [0.15, 0.2) is 5.69 Å². The first-order valence-corrected chi connectivity index (χ1v) is 7.94. The molecule has 2 rings (SSSR count). The number of benzene rings is 1. The monoisotopic (exact) mass is 362 g/mol. The number of nitrogens with one attached hydrogen (secondary N) is 1. The van der Waals surface area contributed by atoms with Crippen molar-refractivity contribution in [1.29, 1.82) is 0 Å². The van der Waals surface area contributed by atoms with E-state index in [0.717, 1.165) is 5.56 Å². The minimum absolute atomic E-state index is 0.00337. The number of methoxy groups -OCH3 is 1. The van der Waals surface area contributed by atoms with Crippen LogP contribution in [-0.2, 0) is 9.53 Å². The predicted molar refractivity (Wildman–Crippen MR) is 94.5 cm³/mol. The first-order chi connectivity index (χ1) is 11.7. The van der Waals surface area contributed by atoms with E-state index in [1.807, 2.05) is 6.07 Å². The van der Waals surface area contributed by atoms with E-state index in [-0.39, 0.29) is 17.9 Å². The van der Waals surface area contributed by atoms with Gasteiger partial charge in [-0.25, -0.2) is 4.98 Å². The van der Waals surface area contributed by atoms with Crippen LogP contribution in [0.15, 0.2) is 36.5 Å². The van der Waals surface area contributed by atoms with Crippen LogP contribution in [0.4, 0.5) is 0 Å². The molecule has 25 heavy (non-hydrogen) atoms. The van der Waals surface area contributed by atoms with Crippen LogP contribution in [0.25, 0.3) is 11.1 Å². The SMILES string of the molecule is COC(=O)CC(C)(C)NC(=O)c1ncc(-c2cccc(Cl)c2)cc1O. The highest BCUT2D eigenvalue weighted by Gasteiger charge is 2.27. The second-order valence-corrected chi connectivity index (χ2v) is 6.63. The Bertz CT molecular complexity index is 805. The van der Waals surface area contributed by atoms with Crippen LogP contribution in [0.1, 0.15) is 30.8 Å². The number of esters is 1. The van der Waals surface area contributed by atoms with Crippen molar-refractivity contribution < 1.29 is 19.4 Å². The Morgan fingerprint density at radius 1 is 1.28 bits per heavy atom. The molecule has 0 aliphatic carbocycles. The maximum absolute atomic E-state index is 12.3. The fraction of sp³-hybridized carbons (Fsp3) is 0.278. The molecule has 2 N–H and O–H groups in total. The van der Waals surface area contributed by atoms with Crippen molar-refractivity contribution in [3.63, 3.8) is 0 Å². The highest BCUT2D eigenvalue weighted by molar-refractivity contribution is 6.30. The molecule has 1 aromatic carbocycles. The van der Waals surface area contributed by atoms with E-state index >= 15 is 0 Å². The number of amides is 1. The Morgan fingerprint density at radius 2 is 2.00 bits per heavy atom. The third kappa shape index (κ3) is 4.93. The summed E-state index contributed by atoms with van der Waals surface area (Å²) in [5, 5.41) is 13.4. The summed E-state index contributed by atoms with van der Waals surface area (Å²) < 4.78 is 4.61. The van der Waals surface area contributed by atoms with Crippen molar-refractivity contribution in [2.24, 2.45) is 0 Å². The number of ether oxygens (including phenoxy) is 1. The Hall–Kier alpha value is -2.60. The molecule has 0 saturated heterocycles. The van der Waals surface area contributed by atoms with Gasteiger partial charge in [0, 0.05) is 22.3 Å². The van der Waals surface area contributed by atoms with Crippen LogP contribution >= 0.6 is 11.6 Å². The summed E-state index contributed by atoms with van der Waals surface area (Å²) in [6, 6.07) is 8.52.